The summed E-state index contributed by atoms with van der Waals surface area (Å²) in [5.74, 6) is 0. The monoisotopic (exact) mass is 428 g/mol. The number of nitrogens with zero attached hydrogens (tertiary/aromatic N) is 2. The van der Waals surface area contributed by atoms with Gasteiger partial charge in [0, 0.05) is 30.3 Å². The van der Waals surface area contributed by atoms with E-state index in [0.717, 1.165) is 49.9 Å². The first-order valence-electron chi connectivity index (χ1n) is 11.1. The molecule has 0 spiro atoms. The van der Waals surface area contributed by atoms with E-state index in [1.807, 2.05) is 31.2 Å². The number of halogens is 1. The topological polar surface area (TPSA) is 43.8 Å². The Kier molecular flexibility index (Phi) is 7.65. The third-order valence-electron chi connectivity index (χ3n) is 5.97. The third-order valence-corrected chi connectivity index (χ3v) is 6.21. The molecule has 1 aliphatic carbocycles. The number of fused-ring (bicyclic) bond motifs is 1. The second-order valence-electron chi connectivity index (χ2n) is 8.24. The normalized spacial score (nSPS) is 13.7. The zero-order valence-corrected chi connectivity index (χ0v) is 19.1. The molecule has 0 radical (unpaired) electrons. The molecule has 0 heterocycles. The van der Waals surface area contributed by atoms with E-state index in [9.17, 15) is 9.90 Å². The fourth-order valence-electron chi connectivity index (χ4n) is 4.50. The molecule has 0 saturated heterocycles. The molecule has 0 aliphatic heterocycles. The largest absolute Gasteiger partial charge is 0.465 e. The highest BCUT2D eigenvalue weighted by Crippen LogP contribution is 2.37. The quantitative estimate of drug-likeness (QED) is 0.483. The lowest BCUT2D eigenvalue weighted by atomic mass is 9.97. The number of amides is 1. The molecule has 3 rings (SSSR count). The summed E-state index contributed by atoms with van der Waals surface area (Å²) in [5.41, 5.74) is 6.01. The highest BCUT2D eigenvalue weighted by atomic mass is 35.5. The first kappa shape index (κ1) is 22.5. The van der Waals surface area contributed by atoms with Gasteiger partial charge in [0.2, 0.25) is 0 Å². The Morgan fingerprint density at radius 2 is 1.77 bits per heavy atom. The van der Waals surface area contributed by atoms with Crippen LogP contribution in [0, 0.1) is 0 Å². The summed E-state index contributed by atoms with van der Waals surface area (Å²) < 4.78 is 0. The van der Waals surface area contributed by atoms with Gasteiger partial charge in [-0.3, -0.25) is 4.90 Å². The van der Waals surface area contributed by atoms with E-state index >= 15 is 0 Å². The van der Waals surface area contributed by atoms with Crippen LogP contribution in [0.15, 0.2) is 36.4 Å². The van der Waals surface area contributed by atoms with Crippen molar-refractivity contribution < 1.29 is 9.90 Å². The minimum Gasteiger partial charge on any atom is -0.465 e. The van der Waals surface area contributed by atoms with E-state index in [0.29, 0.717) is 11.6 Å². The summed E-state index contributed by atoms with van der Waals surface area (Å²) in [6, 6.07) is 11.8. The maximum atomic E-state index is 12.2. The molecule has 0 saturated carbocycles. The second kappa shape index (κ2) is 10.2. The lowest BCUT2D eigenvalue weighted by Crippen LogP contribution is -2.34. The predicted octanol–water partition coefficient (Wildman–Crippen LogP) is 6.70. The van der Waals surface area contributed by atoms with E-state index in [2.05, 4.69) is 30.9 Å². The molecule has 2 aromatic rings. The minimum atomic E-state index is -0.911. The average Bonchev–Trinajstić information content (AvgIpc) is 3.18. The summed E-state index contributed by atoms with van der Waals surface area (Å²) >= 11 is 6.13. The Bertz CT molecular complexity index is 877. The van der Waals surface area contributed by atoms with E-state index < -0.39 is 6.09 Å². The van der Waals surface area contributed by atoms with E-state index in [1.165, 1.54) is 28.1 Å². The van der Waals surface area contributed by atoms with E-state index in [1.54, 1.807) is 0 Å². The van der Waals surface area contributed by atoms with Crippen LogP contribution in [0.5, 0.6) is 0 Å². The fourth-order valence-corrected chi connectivity index (χ4v) is 4.71. The molecule has 1 atom stereocenters. The summed E-state index contributed by atoms with van der Waals surface area (Å²) in [6.45, 7) is 8.68. The third kappa shape index (κ3) is 5.10. The molecule has 162 valence electrons. The van der Waals surface area contributed by atoms with Crippen molar-refractivity contribution in [3.63, 3.8) is 0 Å². The van der Waals surface area contributed by atoms with E-state index in [4.69, 9.17) is 11.6 Å². The van der Waals surface area contributed by atoms with Crippen molar-refractivity contribution in [2.24, 2.45) is 0 Å². The van der Waals surface area contributed by atoms with Crippen LogP contribution in [-0.2, 0) is 19.4 Å². The molecule has 4 nitrogen and oxygen atoms in total. The van der Waals surface area contributed by atoms with Crippen LogP contribution < -0.4 is 4.90 Å². The average molecular weight is 429 g/mol. The molecular weight excluding hydrogens is 396 g/mol. The van der Waals surface area contributed by atoms with Crippen molar-refractivity contribution in [1.29, 1.82) is 0 Å². The maximum Gasteiger partial charge on any atom is 0.408 e. The zero-order valence-electron chi connectivity index (χ0n) is 18.3. The van der Waals surface area contributed by atoms with Crippen LogP contribution in [0.2, 0.25) is 5.02 Å². The van der Waals surface area contributed by atoms with Crippen molar-refractivity contribution in [3.05, 3.63) is 63.7 Å². The first-order valence-corrected chi connectivity index (χ1v) is 11.5. The zero-order chi connectivity index (χ0) is 21.7. The Hall–Kier alpha value is -2.20. The van der Waals surface area contributed by atoms with Gasteiger partial charge in [-0.1, -0.05) is 43.6 Å². The highest BCUT2D eigenvalue weighted by molar-refractivity contribution is 6.30. The number of hydrogen-bond acceptors (Lipinski definition) is 2. The van der Waals surface area contributed by atoms with Gasteiger partial charge in [0.05, 0.1) is 6.04 Å². The maximum absolute atomic E-state index is 12.2. The number of hydrogen-bond donors (Lipinski definition) is 1. The van der Waals surface area contributed by atoms with Gasteiger partial charge in [0.15, 0.2) is 0 Å². The molecule has 1 N–H and O–H groups in total. The van der Waals surface area contributed by atoms with Crippen molar-refractivity contribution in [3.8, 4) is 0 Å². The summed E-state index contributed by atoms with van der Waals surface area (Å²) in [6.07, 6.45) is 4.60. The van der Waals surface area contributed by atoms with E-state index in [-0.39, 0.29) is 6.04 Å². The van der Waals surface area contributed by atoms with Crippen molar-refractivity contribution >= 4 is 23.4 Å². The number of rotatable bonds is 9. The molecule has 0 fully saturated rings. The van der Waals surface area contributed by atoms with Gasteiger partial charge in [0.25, 0.3) is 0 Å². The lowest BCUT2D eigenvalue weighted by molar-refractivity contribution is 0.124. The fraction of sp³-hybridized carbons (Fsp3) is 0.480. The van der Waals surface area contributed by atoms with Crippen molar-refractivity contribution in [1.82, 2.24) is 4.90 Å². The van der Waals surface area contributed by atoms with Gasteiger partial charge in [-0.05, 0) is 79.5 Å². The SMILES string of the molecule is CCCN(CCC)c1cc2c(cc1C(C)N(Cc1cccc(Cl)c1)C(=O)O)CCC2. The highest BCUT2D eigenvalue weighted by Gasteiger charge is 2.27. The van der Waals surface area contributed by atoms with Crippen molar-refractivity contribution in [2.75, 3.05) is 18.0 Å². The Labute approximate surface area is 185 Å². The number of benzene rings is 2. The second-order valence-corrected chi connectivity index (χ2v) is 8.67. The molecule has 30 heavy (non-hydrogen) atoms. The number of carbonyl (C=O) groups is 1. The first-order chi connectivity index (χ1) is 14.4. The number of anilines is 1. The smallest absolute Gasteiger partial charge is 0.408 e. The molecule has 1 unspecified atom stereocenters. The van der Waals surface area contributed by atoms with Gasteiger partial charge < -0.3 is 10.0 Å². The Morgan fingerprint density at radius 1 is 1.10 bits per heavy atom. The molecule has 0 aromatic heterocycles. The van der Waals surface area contributed by atoms with Crippen molar-refractivity contribution in [2.45, 2.75) is 65.5 Å². The Morgan fingerprint density at radius 3 is 2.37 bits per heavy atom. The number of carboxylic acid groups (broad SMARTS) is 1. The number of aryl methyl sites for hydroxylation is 2. The molecular formula is C25H33ClN2O2. The van der Waals surface area contributed by atoms with Gasteiger partial charge in [0.1, 0.15) is 0 Å². The molecule has 1 amide bonds. The van der Waals surface area contributed by atoms with Gasteiger partial charge >= 0.3 is 6.09 Å². The molecule has 2 aromatic carbocycles. The van der Waals surface area contributed by atoms with Gasteiger partial charge in [-0.2, -0.15) is 0 Å². The van der Waals surface area contributed by atoms with Crippen LogP contribution in [0.4, 0.5) is 10.5 Å². The van der Waals surface area contributed by atoms with Crippen LogP contribution in [0.3, 0.4) is 0 Å². The minimum absolute atomic E-state index is 0.251. The van der Waals surface area contributed by atoms with Crippen LogP contribution in [-0.4, -0.2) is 29.2 Å². The Balaban J connectivity index is 2.01. The summed E-state index contributed by atoms with van der Waals surface area (Å²) in [5, 5.41) is 10.7. The molecule has 5 heteroatoms. The molecule has 1 aliphatic rings. The lowest BCUT2D eigenvalue weighted by Gasteiger charge is -2.33. The van der Waals surface area contributed by atoms with Crippen LogP contribution in [0.1, 0.15) is 68.3 Å². The van der Waals surface area contributed by atoms with Crippen LogP contribution in [0.25, 0.3) is 0 Å². The molecule has 0 bridgehead atoms. The predicted molar refractivity (Wildman–Crippen MR) is 125 cm³/mol. The van der Waals surface area contributed by atoms with Gasteiger partial charge in [-0.15, -0.1) is 0 Å². The summed E-state index contributed by atoms with van der Waals surface area (Å²) in [4.78, 5) is 16.2. The van der Waals surface area contributed by atoms with Crippen LogP contribution >= 0.6 is 11.6 Å². The summed E-state index contributed by atoms with van der Waals surface area (Å²) in [7, 11) is 0. The standard InChI is InChI=1S/C25H33ClN2O2/c1-4-12-27(13-5-2)24-16-21-10-7-9-20(21)15-23(24)18(3)28(25(29)30)17-19-8-6-11-22(26)14-19/h6,8,11,14-16,18H,4-5,7,9-10,12-13,17H2,1-3H3,(H,29,30). The van der Waals surface area contributed by atoms with Gasteiger partial charge in [-0.25, -0.2) is 4.79 Å².